The van der Waals surface area contributed by atoms with Crippen LogP contribution in [0.5, 0.6) is 5.75 Å². The van der Waals surface area contributed by atoms with Crippen LogP contribution in [0, 0.1) is 0 Å². The smallest absolute Gasteiger partial charge is 0.406 e. The summed E-state index contributed by atoms with van der Waals surface area (Å²) in [5, 5.41) is 10.9. The van der Waals surface area contributed by atoms with Crippen LogP contribution in [0.15, 0.2) is 42.5 Å². The number of nitrogens with zero attached hydrogens (tertiary/aromatic N) is 2. The highest BCUT2D eigenvalue weighted by Crippen LogP contribution is 2.32. The second-order valence-corrected chi connectivity index (χ2v) is 6.83. The lowest BCUT2D eigenvalue weighted by Gasteiger charge is -2.09. The average Bonchev–Trinajstić information content (AvgIpc) is 3.02. The molecule has 3 aromatic rings. The van der Waals surface area contributed by atoms with Crippen LogP contribution in [0.1, 0.15) is 10.4 Å². The molecule has 0 atom stereocenters. The van der Waals surface area contributed by atoms with Gasteiger partial charge in [0.25, 0.3) is 5.91 Å². The van der Waals surface area contributed by atoms with E-state index in [0.29, 0.717) is 10.6 Å². The number of nitrogens with one attached hydrogen (secondary N) is 1. The van der Waals surface area contributed by atoms with Gasteiger partial charge in [0.05, 0.1) is 15.6 Å². The zero-order valence-corrected chi connectivity index (χ0v) is 15.4. The fourth-order valence-electron chi connectivity index (χ4n) is 2.09. The number of hydrogen-bond donors (Lipinski definition) is 1. The summed E-state index contributed by atoms with van der Waals surface area (Å²) in [6.45, 7) is 0. The topological polar surface area (TPSA) is 64.1 Å². The van der Waals surface area contributed by atoms with Gasteiger partial charge >= 0.3 is 6.36 Å². The molecule has 0 radical (unpaired) electrons. The highest BCUT2D eigenvalue weighted by molar-refractivity contribution is 7.18. The van der Waals surface area contributed by atoms with Crippen molar-refractivity contribution in [2.24, 2.45) is 0 Å². The molecule has 0 saturated carbocycles. The highest BCUT2D eigenvalue weighted by atomic mass is 35.5. The first-order valence-corrected chi connectivity index (χ1v) is 8.75. The molecule has 0 fully saturated rings. The molecule has 3 rings (SSSR count). The van der Waals surface area contributed by atoms with Crippen LogP contribution in [0.25, 0.3) is 10.6 Å². The molecule has 5 nitrogen and oxygen atoms in total. The number of ether oxygens (including phenoxy) is 1. The third-order valence-corrected chi connectivity index (χ3v) is 4.67. The molecule has 140 valence electrons. The van der Waals surface area contributed by atoms with Gasteiger partial charge < -0.3 is 4.74 Å². The third kappa shape index (κ3) is 4.88. The predicted molar refractivity (Wildman–Crippen MR) is 96.4 cm³/mol. The monoisotopic (exact) mass is 433 g/mol. The van der Waals surface area contributed by atoms with E-state index in [-0.39, 0.29) is 26.5 Å². The van der Waals surface area contributed by atoms with Gasteiger partial charge in [0.2, 0.25) is 5.13 Å². The SMILES string of the molecule is O=C(Nc1nnc(-c2cccc(OC(F)(F)F)c2)s1)c1c(Cl)cccc1Cl. The van der Waals surface area contributed by atoms with Crippen LogP contribution in [0.2, 0.25) is 10.0 Å². The lowest BCUT2D eigenvalue weighted by Crippen LogP contribution is -2.17. The van der Waals surface area contributed by atoms with Gasteiger partial charge in [0, 0.05) is 5.56 Å². The molecular formula is C16H8Cl2F3N3O2S. The van der Waals surface area contributed by atoms with E-state index in [4.69, 9.17) is 23.2 Å². The Morgan fingerprint density at radius 2 is 1.74 bits per heavy atom. The molecular weight excluding hydrogens is 426 g/mol. The number of amides is 1. The van der Waals surface area contributed by atoms with E-state index in [2.05, 4.69) is 20.3 Å². The Labute approximate surface area is 164 Å². The molecule has 0 bridgehead atoms. The van der Waals surface area contributed by atoms with Crippen LogP contribution < -0.4 is 10.1 Å². The van der Waals surface area contributed by atoms with Gasteiger partial charge in [0.1, 0.15) is 10.8 Å². The molecule has 1 aromatic heterocycles. The Kier molecular flexibility index (Phi) is 5.54. The molecule has 0 saturated heterocycles. The van der Waals surface area contributed by atoms with Crippen LogP contribution >= 0.6 is 34.5 Å². The largest absolute Gasteiger partial charge is 0.573 e. The Morgan fingerprint density at radius 1 is 1.07 bits per heavy atom. The number of carbonyl (C=O) groups is 1. The molecule has 27 heavy (non-hydrogen) atoms. The van der Waals surface area contributed by atoms with Crippen LogP contribution in [-0.4, -0.2) is 22.5 Å². The maximum atomic E-state index is 12.3. The average molecular weight is 434 g/mol. The first-order valence-electron chi connectivity index (χ1n) is 7.18. The number of benzene rings is 2. The summed E-state index contributed by atoms with van der Waals surface area (Å²) in [5.41, 5.74) is 0.434. The maximum absolute atomic E-state index is 12.3. The van der Waals surface area contributed by atoms with E-state index in [1.54, 1.807) is 12.1 Å². The fourth-order valence-corrected chi connectivity index (χ4v) is 3.40. The van der Waals surface area contributed by atoms with Crippen molar-refractivity contribution < 1.29 is 22.7 Å². The van der Waals surface area contributed by atoms with Crippen molar-refractivity contribution in [1.29, 1.82) is 0 Å². The van der Waals surface area contributed by atoms with E-state index in [9.17, 15) is 18.0 Å². The number of aromatic nitrogens is 2. The Morgan fingerprint density at radius 3 is 2.41 bits per heavy atom. The molecule has 2 aromatic carbocycles. The van der Waals surface area contributed by atoms with Crippen LogP contribution in [0.3, 0.4) is 0 Å². The second-order valence-electron chi connectivity index (χ2n) is 5.04. The maximum Gasteiger partial charge on any atom is 0.573 e. The van der Waals surface area contributed by atoms with Crippen molar-refractivity contribution in [3.8, 4) is 16.3 Å². The van der Waals surface area contributed by atoms with Gasteiger partial charge in [0.15, 0.2) is 0 Å². The minimum Gasteiger partial charge on any atom is -0.406 e. The second kappa shape index (κ2) is 7.71. The summed E-state index contributed by atoms with van der Waals surface area (Å²) in [7, 11) is 0. The van der Waals surface area contributed by atoms with Gasteiger partial charge in [-0.15, -0.1) is 23.4 Å². The molecule has 0 unspecified atom stereocenters. The van der Waals surface area contributed by atoms with Gasteiger partial charge in [-0.05, 0) is 24.3 Å². The third-order valence-electron chi connectivity index (χ3n) is 3.15. The Bertz CT molecular complexity index is 975. The first-order chi connectivity index (χ1) is 12.7. The Balaban J connectivity index is 1.79. The van der Waals surface area contributed by atoms with E-state index < -0.39 is 12.3 Å². The molecule has 1 amide bonds. The quantitative estimate of drug-likeness (QED) is 0.576. The van der Waals surface area contributed by atoms with E-state index in [1.165, 1.54) is 30.3 Å². The zero-order chi connectivity index (χ0) is 19.6. The molecule has 11 heteroatoms. The number of rotatable bonds is 4. The number of carbonyl (C=O) groups excluding carboxylic acids is 1. The molecule has 0 aliphatic rings. The van der Waals surface area contributed by atoms with Crippen molar-refractivity contribution in [2.45, 2.75) is 6.36 Å². The van der Waals surface area contributed by atoms with E-state index in [1.807, 2.05) is 0 Å². The molecule has 0 aliphatic carbocycles. The van der Waals surface area contributed by atoms with Crippen molar-refractivity contribution in [3.05, 3.63) is 58.1 Å². The summed E-state index contributed by atoms with van der Waals surface area (Å²) in [6.07, 6.45) is -4.80. The number of alkyl halides is 3. The highest BCUT2D eigenvalue weighted by Gasteiger charge is 2.31. The van der Waals surface area contributed by atoms with E-state index >= 15 is 0 Å². The predicted octanol–water partition coefficient (Wildman–Crippen LogP) is 5.66. The Hall–Kier alpha value is -2.36. The standard InChI is InChI=1S/C16H8Cl2F3N3O2S/c17-10-5-2-6-11(18)12(10)13(25)22-15-24-23-14(27-15)8-3-1-4-9(7-8)26-16(19,20)21/h1-7H,(H,22,24,25). The number of anilines is 1. The fraction of sp³-hybridized carbons (Fsp3) is 0.0625. The van der Waals surface area contributed by atoms with Crippen LogP contribution in [-0.2, 0) is 0 Å². The normalized spacial score (nSPS) is 11.3. The summed E-state index contributed by atoms with van der Waals surface area (Å²) < 4.78 is 40.9. The lowest BCUT2D eigenvalue weighted by atomic mass is 10.2. The lowest BCUT2D eigenvalue weighted by molar-refractivity contribution is -0.274. The van der Waals surface area contributed by atoms with Gasteiger partial charge in [-0.3, -0.25) is 10.1 Å². The molecule has 1 N–H and O–H groups in total. The summed E-state index contributed by atoms with van der Waals surface area (Å²) in [4.78, 5) is 12.3. The first kappa shape index (κ1) is 19.4. The van der Waals surface area contributed by atoms with Crippen molar-refractivity contribution in [2.75, 3.05) is 5.32 Å². The molecule has 0 aliphatic heterocycles. The number of halogens is 5. The van der Waals surface area contributed by atoms with E-state index in [0.717, 1.165) is 11.3 Å². The van der Waals surface area contributed by atoms with Crippen molar-refractivity contribution in [1.82, 2.24) is 10.2 Å². The summed E-state index contributed by atoms with van der Waals surface area (Å²) in [5.74, 6) is -0.967. The van der Waals surface area contributed by atoms with Crippen molar-refractivity contribution >= 4 is 45.6 Å². The number of hydrogen-bond acceptors (Lipinski definition) is 5. The van der Waals surface area contributed by atoms with Crippen LogP contribution in [0.4, 0.5) is 18.3 Å². The van der Waals surface area contributed by atoms with Gasteiger partial charge in [-0.2, -0.15) is 0 Å². The minimum atomic E-state index is -4.80. The summed E-state index contributed by atoms with van der Waals surface area (Å²) >= 11 is 12.9. The minimum absolute atomic E-state index is 0.0816. The molecule has 0 spiro atoms. The summed E-state index contributed by atoms with van der Waals surface area (Å²) in [6, 6.07) is 9.89. The van der Waals surface area contributed by atoms with Gasteiger partial charge in [-0.25, -0.2) is 0 Å². The zero-order valence-electron chi connectivity index (χ0n) is 13.1. The van der Waals surface area contributed by atoms with Gasteiger partial charge in [-0.1, -0.05) is 52.7 Å². The molecule has 1 heterocycles. The van der Waals surface area contributed by atoms with Crippen molar-refractivity contribution in [3.63, 3.8) is 0 Å².